The molecule has 0 radical (unpaired) electrons. The average molecular weight is 265 g/mol. The molecule has 0 aromatic carbocycles. The Bertz CT molecular complexity index is 413. The molecule has 19 heavy (non-hydrogen) atoms. The zero-order chi connectivity index (χ0) is 13.1. The molecule has 2 aliphatic heterocycles. The fraction of sp³-hybridized carbons (Fsp3) is 0.786. The zero-order valence-electron chi connectivity index (χ0n) is 11.6. The van der Waals surface area contributed by atoms with Gasteiger partial charge < -0.3 is 14.8 Å². The van der Waals surface area contributed by atoms with Gasteiger partial charge in [-0.2, -0.15) is 5.10 Å². The topological polar surface area (TPSA) is 48.3 Å². The second-order valence-corrected chi connectivity index (χ2v) is 5.59. The summed E-state index contributed by atoms with van der Waals surface area (Å²) in [4.78, 5) is 0. The predicted molar refractivity (Wildman–Crippen MR) is 71.9 cm³/mol. The van der Waals surface area contributed by atoms with Gasteiger partial charge >= 0.3 is 0 Å². The van der Waals surface area contributed by atoms with Crippen LogP contribution in [0.5, 0.6) is 0 Å². The van der Waals surface area contributed by atoms with Crippen molar-refractivity contribution in [3.05, 3.63) is 18.0 Å². The highest BCUT2D eigenvalue weighted by molar-refractivity contribution is 5.02. The molecule has 1 aromatic heterocycles. The van der Waals surface area contributed by atoms with E-state index in [9.17, 15) is 0 Å². The van der Waals surface area contributed by atoms with Gasteiger partial charge in [0.05, 0.1) is 31.1 Å². The zero-order valence-corrected chi connectivity index (χ0v) is 11.6. The SMILES string of the molecule is CCn1cc(COC2COC3(CCNCC3)C2)cn1. The van der Waals surface area contributed by atoms with E-state index in [1.807, 2.05) is 10.9 Å². The summed E-state index contributed by atoms with van der Waals surface area (Å²) < 4.78 is 13.9. The lowest BCUT2D eigenvalue weighted by molar-refractivity contribution is -0.0240. The smallest absolute Gasteiger partial charge is 0.0840 e. The van der Waals surface area contributed by atoms with Crippen LogP contribution in [-0.4, -0.2) is 41.2 Å². The number of aromatic nitrogens is 2. The lowest BCUT2D eigenvalue weighted by atomic mass is 9.89. The van der Waals surface area contributed by atoms with Crippen LogP contribution in [0.2, 0.25) is 0 Å². The molecule has 1 unspecified atom stereocenters. The van der Waals surface area contributed by atoms with Crippen molar-refractivity contribution >= 4 is 0 Å². The molecule has 0 aliphatic carbocycles. The van der Waals surface area contributed by atoms with Gasteiger partial charge in [0.25, 0.3) is 0 Å². The summed E-state index contributed by atoms with van der Waals surface area (Å²) in [5.74, 6) is 0. The second-order valence-electron chi connectivity index (χ2n) is 5.59. The van der Waals surface area contributed by atoms with Crippen LogP contribution in [0.3, 0.4) is 0 Å². The van der Waals surface area contributed by atoms with E-state index in [2.05, 4.69) is 23.5 Å². The summed E-state index contributed by atoms with van der Waals surface area (Å²) in [5.41, 5.74) is 1.23. The highest BCUT2D eigenvalue weighted by Crippen LogP contribution is 2.35. The largest absolute Gasteiger partial charge is 0.372 e. The van der Waals surface area contributed by atoms with Crippen LogP contribution in [0, 0.1) is 0 Å². The normalized spacial score (nSPS) is 26.1. The van der Waals surface area contributed by atoms with E-state index in [0.717, 1.165) is 51.1 Å². The van der Waals surface area contributed by atoms with Crippen molar-refractivity contribution in [1.82, 2.24) is 15.1 Å². The van der Waals surface area contributed by atoms with Crippen molar-refractivity contribution in [2.45, 2.75) is 51.0 Å². The first-order chi connectivity index (χ1) is 9.30. The molecule has 0 bridgehead atoms. The van der Waals surface area contributed by atoms with Gasteiger partial charge in [-0.3, -0.25) is 4.68 Å². The average Bonchev–Trinajstić information content (AvgIpc) is 3.05. The molecule has 1 aromatic rings. The lowest BCUT2D eigenvalue weighted by Crippen LogP contribution is -2.41. The van der Waals surface area contributed by atoms with Gasteiger partial charge in [-0.25, -0.2) is 0 Å². The standard InChI is InChI=1S/C14H23N3O2/c1-2-17-9-12(8-16-17)10-18-13-7-14(19-11-13)3-5-15-6-4-14/h8-9,13,15H,2-7,10-11H2,1H3. The molecule has 1 atom stereocenters. The summed E-state index contributed by atoms with van der Waals surface area (Å²) in [6.07, 6.45) is 7.44. The van der Waals surface area contributed by atoms with Crippen molar-refractivity contribution in [1.29, 1.82) is 0 Å². The van der Waals surface area contributed by atoms with Gasteiger partial charge in [-0.05, 0) is 32.9 Å². The van der Waals surface area contributed by atoms with Gasteiger partial charge in [0.2, 0.25) is 0 Å². The number of nitrogens with one attached hydrogen (secondary N) is 1. The number of nitrogens with zero attached hydrogens (tertiary/aromatic N) is 2. The fourth-order valence-corrected chi connectivity index (χ4v) is 3.01. The maximum atomic E-state index is 6.02. The van der Waals surface area contributed by atoms with Crippen LogP contribution < -0.4 is 5.32 Å². The van der Waals surface area contributed by atoms with Gasteiger partial charge in [-0.15, -0.1) is 0 Å². The molecular formula is C14H23N3O2. The third-order valence-electron chi connectivity index (χ3n) is 4.19. The van der Waals surface area contributed by atoms with E-state index in [1.54, 1.807) is 0 Å². The molecule has 0 amide bonds. The molecule has 2 saturated heterocycles. The van der Waals surface area contributed by atoms with Crippen LogP contribution in [0.25, 0.3) is 0 Å². The van der Waals surface area contributed by atoms with Crippen LogP contribution in [0.1, 0.15) is 31.7 Å². The summed E-state index contributed by atoms with van der Waals surface area (Å²) >= 11 is 0. The molecule has 1 spiro atoms. The van der Waals surface area contributed by atoms with Crippen LogP contribution in [-0.2, 0) is 22.6 Å². The van der Waals surface area contributed by atoms with Gasteiger partial charge in [-0.1, -0.05) is 0 Å². The summed E-state index contributed by atoms with van der Waals surface area (Å²) in [7, 11) is 0. The molecule has 2 fully saturated rings. The molecule has 1 N–H and O–H groups in total. The summed E-state index contributed by atoms with van der Waals surface area (Å²) in [5, 5.41) is 7.65. The van der Waals surface area contributed by atoms with Gasteiger partial charge in [0, 0.05) is 24.7 Å². The molecule has 2 aliphatic rings. The highest BCUT2D eigenvalue weighted by atomic mass is 16.6. The Kier molecular flexibility index (Phi) is 3.86. The Morgan fingerprint density at radius 1 is 1.53 bits per heavy atom. The number of hydrogen-bond donors (Lipinski definition) is 1. The number of hydrogen-bond acceptors (Lipinski definition) is 4. The van der Waals surface area contributed by atoms with Crippen molar-refractivity contribution in [3.8, 4) is 0 Å². The molecule has 5 heteroatoms. The summed E-state index contributed by atoms with van der Waals surface area (Å²) in [6, 6.07) is 0. The first-order valence-corrected chi connectivity index (χ1v) is 7.27. The Hall–Kier alpha value is -0.910. The van der Waals surface area contributed by atoms with E-state index < -0.39 is 0 Å². The van der Waals surface area contributed by atoms with Crippen LogP contribution in [0.15, 0.2) is 12.4 Å². The predicted octanol–water partition coefficient (Wildman–Crippen LogP) is 1.33. The molecule has 106 valence electrons. The quantitative estimate of drug-likeness (QED) is 0.892. The Balaban J connectivity index is 1.49. The minimum atomic E-state index is 0.0868. The van der Waals surface area contributed by atoms with E-state index in [0.29, 0.717) is 6.61 Å². The third kappa shape index (κ3) is 2.99. The fourth-order valence-electron chi connectivity index (χ4n) is 3.01. The number of ether oxygens (including phenoxy) is 2. The second kappa shape index (κ2) is 5.61. The van der Waals surface area contributed by atoms with Gasteiger partial charge in [0.15, 0.2) is 0 Å². The molecule has 5 nitrogen and oxygen atoms in total. The highest BCUT2D eigenvalue weighted by Gasteiger charge is 2.41. The van der Waals surface area contributed by atoms with Gasteiger partial charge in [0.1, 0.15) is 0 Å². The van der Waals surface area contributed by atoms with Crippen LogP contribution >= 0.6 is 0 Å². The minimum absolute atomic E-state index is 0.0868. The third-order valence-corrected chi connectivity index (χ3v) is 4.19. The van der Waals surface area contributed by atoms with E-state index in [-0.39, 0.29) is 11.7 Å². The van der Waals surface area contributed by atoms with E-state index in [1.165, 1.54) is 0 Å². The Morgan fingerprint density at radius 3 is 3.11 bits per heavy atom. The monoisotopic (exact) mass is 265 g/mol. The van der Waals surface area contributed by atoms with E-state index >= 15 is 0 Å². The number of aryl methyl sites for hydroxylation is 1. The number of rotatable bonds is 4. The minimum Gasteiger partial charge on any atom is -0.372 e. The van der Waals surface area contributed by atoms with Crippen LogP contribution in [0.4, 0.5) is 0 Å². The van der Waals surface area contributed by atoms with Crippen molar-refractivity contribution in [2.75, 3.05) is 19.7 Å². The van der Waals surface area contributed by atoms with Crippen molar-refractivity contribution in [2.24, 2.45) is 0 Å². The molecule has 3 heterocycles. The molecule has 0 saturated carbocycles. The molecular weight excluding hydrogens is 242 g/mol. The summed E-state index contributed by atoms with van der Waals surface area (Å²) in [6.45, 7) is 6.50. The first-order valence-electron chi connectivity index (χ1n) is 7.27. The van der Waals surface area contributed by atoms with Crippen molar-refractivity contribution < 1.29 is 9.47 Å². The lowest BCUT2D eigenvalue weighted by Gasteiger charge is -2.32. The maximum absolute atomic E-state index is 6.02. The maximum Gasteiger partial charge on any atom is 0.0840 e. The van der Waals surface area contributed by atoms with Crippen molar-refractivity contribution in [3.63, 3.8) is 0 Å². The Labute approximate surface area is 114 Å². The first kappa shape index (κ1) is 13.1. The Morgan fingerprint density at radius 2 is 2.37 bits per heavy atom. The molecule has 3 rings (SSSR count). The van der Waals surface area contributed by atoms with E-state index in [4.69, 9.17) is 9.47 Å². The number of piperidine rings is 1.